The molecule has 0 saturated heterocycles. The molecule has 0 saturated carbocycles. The lowest BCUT2D eigenvalue weighted by atomic mass is 10.4. The molecule has 11 nitrogen and oxygen atoms in total. The smallest absolute Gasteiger partial charge is 0.358 e. The maximum atomic E-state index is 11.7. The summed E-state index contributed by atoms with van der Waals surface area (Å²) in [5, 5.41) is 18.1. The van der Waals surface area contributed by atoms with Crippen molar-refractivity contribution in [2.45, 2.75) is 6.54 Å². The van der Waals surface area contributed by atoms with Crippen LogP contribution >= 0.6 is 0 Å². The van der Waals surface area contributed by atoms with E-state index in [1.165, 1.54) is 10.9 Å². The Morgan fingerprint density at radius 1 is 1.33 bits per heavy atom. The van der Waals surface area contributed by atoms with E-state index in [1.807, 2.05) is 4.98 Å². The average molecular weight is 294 g/mol. The van der Waals surface area contributed by atoms with Gasteiger partial charge in [-0.3, -0.25) is 14.6 Å². The molecule has 0 aliphatic carbocycles. The van der Waals surface area contributed by atoms with Crippen LogP contribution in [-0.4, -0.2) is 48.5 Å². The van der Waals surface area contributed by atoms with Crippen molar-refractivity contribution in [3.05, 3.63) is 44.5 Å². The highest BCUT2D eigenvalue weighted by atomic mass is 16.4. The molecule has 11 heteroatoms. The zero-order valence-electron chi connectivity index (χ0n) is 10.5. The molecule has 2 aromatic rings. The molecule has 0 fully saturated rings. The largest absolute Gasteiger partial charge is 0.476 e. The summed E-state index contributed by atoms with van der Waals surface area (Å²) < 4.78 is 1.24. The van der Waals surface area contributed by atoms with E-state index < -0.39 is 23.1 Å². The van der Waals surface area contributed by atoms with Crippen molar-refractivity contribution >= 4 is 11.9 Å². The highest BCUT2D eigenvalue weighted by molar-refractivity contribution is 5.91. The Morgan fingerprint density at radius 3 is 2.71 bits per heavy atom. The summed E-state index contributed by atoms with van der Waals surface area (Å²) in [6.45, 7) is 0.287. The SMILES string of the molecule is O=C(O)c1cn(CCNC(=O)c2cc(=O)[nH]c(=O)[nH]2)nn1. The average Bonchev–Trinajstić information content (AvgIpc) is 2.86. The first kappa shape index (κ1) is 14.2. The number of aromatic carboxylic acids is 1. The summed E-state index contributed by atoms with van der Waals surface area (Å²) in [7, 11) is 0. The number of hydrogen-bond donors (Lipinski definition) is 4. The number of aromatic amines is 2. The fourth-order valence-electron chi connectivity index (χ4n) is 1.48. The van der Waals surface area contributed by atoms with Gasteiger partial charge in [0.25, 0.3) is 11.5 Å². The maximum Gasteiger partial charge on any atom is 0.358 e. The number of nitrogens with zero attached hydrogens (tertiary/aromatic N) is 3. The molecule has 2 rings (SSSR count). The van der Waals surface area contributed by atoms with Crippen molar-refractivity contribution in [2.75, 3.05) is 6.54 Å². The summed E-state index contributed by atoms with van der Waals surface area (Å²) in [4.78, 5) is 48.4. The number of nitrogens with one attached hydrogen (secondary N) is 3. The minimum atomic E-state index is -1.20. The van der Waals surface area contributed by atoms with Gasteiger partial charge in [0.1, 0.15) is 5.69 Å². The summed E-state index contributed by atoms with van der Waals surface area (Å²) in [5.41, 5.74) is -1.85. The zero-order chi connectivity index (χ0) is 15.4. The van der Waals surface area contributed by atoms with Crippen LogP contribution in [0.5, 0.6) is 0 Å². The lowest BCUT2D eigenvalue weighted by Crippen LogP contribution is -2.32. The van der Waals surface area contributed by atoms with Crippen LogP contribution in [0.3, 0.4) is 0 Å². The molecule has 0 unspecified atom stereocenters. The van der Waals surface area contributed by atoms with Crippen LogP contribution in [0.15, 0.2) is 21.9 Å². The maximum absolute atomic E-state index is 11.7. The lowest BCUT2D eigenvalue weighted by Gasteiger charge is -2.04. The first-order chi connectivity index (χ1) is 9.95. The number of carboxylic acids is 1. The normalized spacial score (nSPS) is 10.3. The van der Waals surface area contributed by atoms with Gasteiger partial charge in [-0.25, -0.2) is 14.3 Å². The first-order valence-corrected chi connectivity index (χ1v) is 5.71. The third-order valence-corrected chi connectivity index (χ3v) is 2.39. The molecule has 2 heterocycles. The van der Waals surface area contributed by atoms with Gasteiger partial charge in [-0.1, -0.05) is 5.21 Å². The van der Waals surface area contributed by atoms with Crippen LogP contribution in [0, 0.1) is 0 Å². The number of rotatable bonds is 5. The Morgan fingerprint density at radius 2 is 2.10 bits per heavy atom. The molecular weight excluding hydrogens is 284 g/mol. The quantitative estimate of drug-likeness (QED) is 0.485. The fraction of sp³-hybridized carbons (Fsp3) is 0.200. The standard InChI is InChI=1S/C10H10N6O5/c17-7-3-5(12-10(21)13-7)8(18)11-1-2-16-4-6(9(19)20)14-15-16/h3-4H,1-2H2,(H,11,18)(H,19,20)(H2,12,13,17,21). The molecule has 0 aliphatic rings. The second-order valence-electron chi connectivity index (χ2n) is 3.93. The van der Waals surface area contributed by atoms with Crippen molar-refractivity contribution in [2.24, 2.45) is 0 Å². The summed E-state index contributed by atoms with van der Waals surface area (Å²) in [6.07, 6.45) is 1.21. The van der Waals surface area contributed by atoms with Crippen molar-refractivity contribution in [1.82, 2.24) is 30.3 Å². The zero-order valence-corrected chi connectivity index (χ0v) is 10.5. The Balaban J connectivity index is 1.93. The van der Waals surface area contributed by atoms with Crippen LogP contribution < -0.4 is 16.6 Å². The number of carboxylic acid groups (broad SMARTS) is 1. The second kappa shape index (κ2) is 5.81. The van der Waals surface area contributed by atoms with Gasteiger partial charge >= 0.3 is 11.7 Å². The van der Waals surface area contributed by atoms with Gasteiger partial charge in [0.2, 0.25) is 0 Å². The molecule has 1 amide bonds. The number of H-pyrrole nitrogens is 2. The minimum absolute atomic E-state index is 0.107. The minimum Gasteiger partial charge on any atom is -0.476 e. The van der Waals surface area contributed by atoms with Crippen LogP contribution in [0.2, 0.25) is 0 Å². The molecule has 0 aromatic carbocycles. The van der Waals surface area contributed by atoms with Crippen LogP contribution in [-0.2, 0) is 6.54 Å². The van der Waals surface area contributed by atoms with Crippen molar-refractivity contribution in [3.8, 4) is 0 Å². The number of aromatic nitrogens is 5. The van der Waals surface area contributed by atoms with E-state index in [1.54, 1.807) is 0 Å². The number of amides is 1. The number of carbonyl (C=O) groups is 2. The van der Waals surface area contributed by atoms with Crippen molar-refractivity contribution < 1.29 is 14.7 Å². The molecule has 0 radical (unpaired) electrons. The summed E-state index contributed by atoms with van der Waals surface area (Å²) >= 11 is 0. The topological polar surface area (TPSA) is 163 Å². The first-order valence-electron chi connectivity index (χ1n) is 5.71. The van der Waals surface area contributed by atoms with E-state index in [9.17, 15) is 19.2 Å². The van der Waals surface area contributed by atoms with Gasteiger partial charge in [-0.05, 0) is 0 Å². The molecule has 2 aromatic heterocycles. The third-order valence-electron chi connectivity index (χ3n) is 2.39. The molecule has 0 bridgehead atoms. The van der Waals surface area contributed by atoms with Gasteiger partial charge < -0.3 is 15.4 Å². The van der Waals surface area contributed by atoms with Gasteiger partial charge in [-0.2, -0.15) is 0 Å². The van der Waals surface area contributed by atoms with E-state index in [-0.39, 0.29) is 24.5 Å². The van der Waals surface area contributed by atoms with Crippen LogP contribution in [0.1, 0.15) is 21.0 Å². The molecule has 0 aliphatic heterocycles. The summed E-state index contributed by atoms with van der Waals surface area (Å²) in [5.74, 6) is -1.84. The second-order valence-corrected chi connectivity index (χ2v) is 3.93. The monoisotopic (exact) mass is 294 g/mol. The number of carbonyl (C=O) groups excluding carboxylic acids is 1. The molecular formula is C10H10N6O5. The van der Waals surface area contributed by atoms with Gasteiger partial charge in [0.15, 0.2) is 5.69 Å². The van der Waals surface area contributed by atoms with Crippen LogP contribution in [0.25, 0.3) is 0 Å². The van der Waals surface area contributed by atoms with E-state index in [0.29, 0.717) is 0 Å². The van der Waals surface area contributed by atoms with Gasteiger partial charge in [0, 0.05) is 12.6 Å². The highest BCUT2D eigenvalue weighted by Crippen LogP contribution is 1.92. The fourth-order valence-corrected chi connectivity index (χ4v) is 1.48. The predicted molar refractivity (Wildman–Crippen MR) is 67.0 cm³/mol. The Kier molecular flexibility index (Phi) is 3.92. The highest BCUT2D eigenvalue weighted by Gasteiger charge is 2.09. The Bertz CT molecular complexity index is 759. The molecule has 4 N–H and O–H groups in total. The van der Waals surface area contributed by atoms with Crippen molar-refractivity contribution in [1.29, 1.82) is 0 Å². The molecule has 0 atom stereocenters. The van der Waals surface area contributed by atoms with E-state index >= 15 is 0 Å². The van der Waals surface area contributed by atoms with E-state index in [2.05, 4.69) is 20.6 Å². The summed E-state index contributed by atoms with van der Waals surface area (Å²) in [6, 6.07) is 0.953. The van der Waals surface area contributed by atoms with Gasteiger partial charge in [0.05, 0.1) is 12.7 Å². The van der Waals surface area contributed by atoms with E-state index in [0.717, 1.165) is 6.07 Å². The van der Waals surface area contributed by atoms with Crippen LogP contribution in [0.4, 0.5) is 0 Å². The Labute approximate surface area is 115 Å². The third kappa shape index (κ3) is 3.62. The van der Waals surface area contributed by atoms with Gasteiger partial charge in [-0.15, -0.1) is 5.10 Å². The Hall–Kier alpha value is -3.24. The lowest BCUT2D eigenvalue weighted by molar-refractivity contribution is 0.0690. The molecule has 21 heavy (non-hydrogen) atoms. The predicted octanol–water partition coefficient (Wildman–Crippen LogP) is -2.22. The van der Waals surface area contributed by atoms with Crippen molar-refractivity contribution in [3.63, 3.8) is 0 Å². The van der Waals surface area contributed by atoms with E-state index in [4.69, 9.17) is 5.11 Å². The molecule has 0 spiro atoms. The number of hydrogen-bond acceptors (Lipinski definition) is 6. The molecule has 110 valence electrons.